The summed E-state index contributed by atoms with van der Waals surface area (Å²) >= 11 is 5.52. The van der Waals surface area contributed by atoms with Gasteiger partial charge in [-0.1, -0.05) is 11.6 Å². The highest BCUT2D eigenvalue weighted by atomic mass is 35.5. The topological polar surface area (TPSA) is 96.3 Å². The van der Waals surface area contributed by atoms with Gasteiger partial charge in [-0.3, -0.25) is 14.6 Å². The van der Waals surface area contributed by atoms with Crippen LogP contribution >= 0.6 is 11.6 Å². The van der Waals surface area contributed by atoms with E-state index in [1.54, 1.807) is 0 Å². The lowest BCUT2D eigenvalue weighted by molar-refractivity contribution is -0.137. The van der Waals surface area contributed by atoms with Gasteiger partial charge in [-0.25, -0.2) is 10.4 Å². The monoisotopic (exact) mass is 399 g/mol. The van der Waals surface area contributed by atoms with Crippen molar-refractivity contribution in [2.45, 2.75) is 19.5 Å². The van der Waals surface area contributed by atoms with Crippen molar-refractivity contribution in [3.05, 3.63) is 53.1 Å². The fourth-order valence-corrected chi connectivity index (χ4v) is 2.14. The molecule has 142 valence electrons. The molecule has 0 fully saturated rings. The predicted octanol–water partition coefficient (Wildman–Crippen LogP) is 3.28. The fourth-order valence-electron chi connectivity index (χ4n) is 1.92. The number of nitrogens with one attached hydrogen (secondary N) is 2. The van der Waals surface area contributed by atoms with Gasteiger partial charge in [0.05, 0.1) is 23.2 Å². The van der Waals surface area contributed by atoms with Gasteiger partial charge in [0.2, 0.25) is 5.91 Å². The van der Waals surface area contributed by atoms with E-state index in [4.69, 9.17) is 11.6 Å². The number of hydrazone groups is 1. The Bertz CT molecular complexity index is 872. The van der Waals surface area contributed by atoms with Crippen LogP contribution in [-0.4, -0.2) is 27.5 Å². The molecule has 2 amide bonds. The molecular weight excluding hydrogens is 387 g/mol. The fraction of sp³-hybridized carbons (Fsp3) is 0.188. The van der Waals surface area contributed by atoms with Crippen LogP contribution in [0.3, 0.4) is 0 Å². The van der Waals surface area contributed by atoms with Crippen molar-refractivity contribution >= 4 is 34.8 Å². The first-order chi connectivity index (χ1) is 12.7. The molecule has 0 radical (unpaired) electrons. The number of hydrogen-bond donors (Lipinski definition) is 2. The van der Waals surface area contributed by atoms with Gasteiger partial charge in [-0.2, -0.15) is 18.3 Å². The second kappa shape index (κ2) is 8.58. The number of carbonyl (C=O) groups is 2. The van der Waals surface area contributed by atoms with Crippen molar-refractivity contribution in [2.75, 3.05) is 5.32 Å². The highest BCUT2D eigenvalue weighted by Crippen LogP contribution is 2.36. The van der Waals surface area contributed by atoms with Crippen LogP contribution in [0.4, 0.5) is 18.9 Å². The van der Waals surface area contributed by atoms with Gasteiger partial charge < -0.3 is 5.32 Å². The molecule has 0 atom stereocenters. The zero-order valence-corrected chi connectivity index (χ0v) is 14.6. The van der Waals surface area contributed by atoms with E-state index in [1.807, 2.05) is 0 Å². The number of hydrogen-bond acceptors (Lipinski definition) is 5. The van der Waals surface area contributed by atoms with E-state index in [1.165, 1.54) is 31.6 Å². The van der Waals surface area contributed by atoms with Gasteiger partial charge in [0.15, 0.2) is 0 Å². The molecule has 2 rings (SSSR count). The summed E-state index contributed by atoms with van der Waals surface area (Å²) in [5.41, 5.74) is 1.36. The largest absolute Gasteiger partial charge is 0.417 e. The van der Waals surface area contributed by atoms with Crippen LogP contribution in [0.25, 0.3) is 0 Å². The molecule has 1 aromatic heterocycles. The minimum Gasteiger partial charge on any atom is -0.326 e. The molecule has 2 aromatic rings. The lowest BCUT2D eigenvalue weighted by Gasteiger charge is -2.11. The van der Waals surface area contributed by atoms with E-state index in [9.17, 15) is 22.8 Å². The summed E-state index contributed by atoms with van der Waals surface area (Å²) in [7, 11) is 0. The lowest BCUT2D eigenvalue weighted by atomic mass is 10.2. The summed E-state index contributed by atoms with van der Waals surface area (Å²) in [4.78, 5) is 31.2. The Morgan fingerprint density at radius 3 is 2.63 bits per heavy atom. The van der Waals surface area contributed by atoms with Crippen molar-refractivity contribution in [2.24, 2.45) is 5.10 Å². The molecule has 0 aliphatic rings. The Labute approximate surface area is 156 Å². The number of anilines is 1. The normalized spacial score (nSPS) is 11.8. The first-order valence-electron chi connectivity index (χ1n) is 7.43. The molecule has 0 bridgehead atoms. The second-order valence-electron chi connectivity index (χ2n) is 5.30. The third-order valence-corrected chi connectivity index (χ3v) is 3.45. The number of benzene rings is 1. The highest BCUT2D eigenvalue weighted by molar-refractivity contribution is 6.31. The molecule has 1 heterocycles. The van der Waals surface area contributed by atoms with Crippen LogP contribution in [0.2, 0.25) is 5.02 Å². The maximum Gasteiger partial charge on any atom is 0.417 e. The summed E-state index contributed by atoms with van der Waals surface area (Å²) in [5.74, 6) is -1.23. The Kier molecular flexibility index (Phi) is 6.45. The van der Waals surface area contributed by atoms with Crippen LogP contribution in [0.15, 0.2) is 41.9 Å². The maximum atomic E-state index is 12.8. The average Bonchev–Trinajstić information content (AvgIpc) is 2.61. The molecule has 1 aromatic carbocycles. The summed E-state index contributed by atoms with van der Waals surface area (Å²) in [6.45, 7) is 1.47. The number of amides is 2. The molecular formula is C16H13ClF3N5O2. The number of nitrogens with zero attached hydrogens (tertiary/aromatic N) is 3. The van der Waals surface area contributed by atoms with Crippen molar-refractivity contribution in [1.82, 2.24) is 15.4 Å². The van der Waals surface area contributed by atoms with Crippen molar-refractivity contribution in [3.63, 3.8) is 0 Å². The van der Waals surface area contributed by atoms with E-state index in [-0.39, 0.29) is 23.5 Å². The van der Waals surface area contributed by atoms with E-state index in [0.717, 1.165) is 12.1 Å². The Morgan fingerprint density at radius 1 is 1.26 bits per heavy atom. The maximum absolute atomic E-state index is 12.8. The first-order valence-corrected chi connectivity index (χ1v) is 7.80. The summed E-state index contributed by atoms with van der Waals surface area (Å²) in [6, 6.07) is 3.03. The summed E-state index contributed by atoms with van der Waals surface area (Å²) in [5, 5.41) is 5.59. The van der Waals surface area contributed by atoms with Gasteiger partial charge in [-0.15, -0.1) is 0 Å². The molecule has 0 saturated heterocycles. The molecule has 2 N–H and O–H groups in total. The molecule has 7 nitrogen and oxygen atoms in total. The molecule has 0 aliphatic carbocycles. The zero-order valence-electron chi connectivity index (χ0n) is 13.8. The van der Waals surface area contributed by atoms with E-state index < -0.39 is 28.6 Å². The van der Waals surface area contributed by atoms with Gasteiger partial charge in [0.25, 0.3) is 5.91 Å². The van der Waals surface area contributed by atoms with Crippen molar-refractivity contribution in [3.8, 4) is 0 Å². The van der Waals surface area contributed by atoms with Crippen LogP contribution in [-0.2, 0) is 11.0 Å². The SMILES string of the molecule is CC(CC(=O)Nc1ccc(Cl)c(C(F)(F)F)c1)=NNC(=O)c1cnccn1. The third kappa shape index (κ3) is 6.03. The molecule has 0 spiro atoms. The molecule has 0 aliphatic heterocycles. The third-order valence-electron chi connectivity index (χ3n) is 3.12. The molecule has 0 saturated carbocycles. The van der Waals surface area contributed by atoms with Crippen LogP contribution in [0, 0.1) is 0 Å². The number of halogens is 4. The summed E-state index contributed by atoms with van der Waals surface area (Å²) in [6.07, 6.45) is -0.910. The van der Waals surface area contributed by atoms with Crippen molar-refractivity contribution < 1.29 is 22.8 Å². The van der Waals surface area contributed by atoms with E-state index in [2.05, 4.69) is 25.8 Å². The number of carbonyl (C=O) groups excluding carboxylic acids is 2. The predicted molar refractivity (Wildman–Crippen MR) is 92.3 cm³/mol. The lowest BCUT2D eigenvalue weighted by Crippen LogP contribution is -2.22. The van der Waals surface area contributed by atoms with Crippen LogP contribution in [0.1, 0.15) is 29.4 Å². The molecule has 0 unspecified atom stereocenters. The van der Waals surface area contributed by atoms with E-state index >= 15 is 0 Å². The Hall–Kier alpha value is -3.01. The number of rotatable bonds is 5. The van der Waals surface area contributed by atoms with Gasteiger partial charge >= 0.3 is 6.18 Å². The van der Waals surface area contributed by atoms with Crippen molar-refractivity contribution in [1.29, 1.82) is 0 Å². The minimum absolute atomic E-state index is 0.0411. The van der Waals surface area contributed by atoms with Crippen LogP contribution < -0.4 is 10.7 Å². The first kappa shape index (κ1) is 20.3. The molecule has 27 heavy (non-hydrogen) atoms. The summed E-state index contributed by atoms with van der Waals surface area (Å²) < 4.78 is 38.5. The number of aromatic nitrogens is 2. The quantitative estimate of drug-likeness (QED) is 0.595. The number of alkyl halides is 3. The van der Waals surface area contributed by atoms with Crippen LogP contribution in [0.5, 0.6) is 0 Å². The van der Waals surface area contributed by atoms with Gasteiger partial charge in [0.1, 0.15) is 5.69 Å². The van der Waals surface area contributed by atoms with E-state index in [0.29, 0.717) is 0 Å². The standard InChI is InChI=1S/C16H13ClF3N5O2/c1-9(24-25-15(27)13-8-21-4-5-22-13)6-14(26)23-10-2-3-12(17)11(7-10)16(18,19)20/h2-5,7-8H,6H2,1H3,(H,23,26)(H,25,27). The molecule has 11 heteroatoms. The Balaban J connectivity index is 1.96. The van der Waals surface area contributed by atoms with Gasteiger partial charge in [0, 0.05) is 23.8 Å². The zero-order chi connectivity index (χ0) is 20.0. The average molecular weight is 400 g/mol. The highest BCUT2D eigenvalue weighted by Gasteiger charge is 2.33. The second-order valence-corrected chi connectivity index (χ2v) is 5.70. The minimum atomic E-state index is -4.64. The smallest absolute Gasteiger partial charge is 0.326 e. The Morgan fingerprint density at radius 2 is 2.00 bits per heavy atom. The van der Waals surface area contributed by atoms with Gasteiger partial charge in [-0.05, 0) is 25.1 Å².